The van der Waals surface area contributed by atoms with E-state index < -0.39 is 30.6 Å². The summed E-state index contributed by atoms with van der Waals surface area (Å²) < 4.78 is 51.2. The van der Waals surface area contributed by atoms with Gasteiger partial charge in [-0.3, -0.25) is 4.79 Å². The lowest BCUT2D eigenvalue weighted by Gasteiger charge is -2.24. The van der Waals surface area contributed by atoms with E-state index in [1.807, 2.05) is 0 Å². The molecule has 1 saturated heterocycles. The molecule has 2 atom stereocenters. The third-order valence-corrected chi connectivity index (χ3v) is 3.91. The molecule has 0 aromatic heterocycles. The summed E-state index contributed by atoms with van der Waals surface area (Å²) in [6.07, 6.45) is -5.34. The molecular weight excluding hydrogens is 328 g/mol. The molecule has 0 radical (unpaired) electrons. The summed E-state index contributed by atoms with van der Waals surface area (Å²) in [4.78, 5) is 13.0. The first-order valence-electron chi connectivity index (χ1n) is 7.76. The minimum absolute atomic E-state index is 0.0561. The summed E-state index contributed by atoms with van der Waals surface area (Å²) >= 11 is 0. The van der Waals surface area contributed by atoms with Crippen molar-refractivity contribution in [1.82, 2.24) is 10.2 Å². The molecule has 1 aliphatic heterocycles. The van der Waals surface area contributed by atoms with Gasteiger partial charge >= 0.3 is 6.18 Å². The van der Waals surface area contributed by atoms with Crippen LogP contribution in [0.4, 0.5) is 17.6 Å². The molecule has 8 heteroatoms. The van der Waals surface area contributed by atoms with Gasteiger partial charge in [0, 0.05) is 32.1 Å². The van der Waals surface area contributed by atoms with Crippen molar-refractivity contribution in [2.24, 2.45) is 0 Å². The zero-order chi connectivity index (χ0) is 17.7. The number of amides is 1. The number of carbonyl (C=O) groups excluding carboxylic acids is 1. The molecule has 1 aromatic carbocycles. The van der Waals surface area contributed by atoms with Crippen LogP contribution in [-0.4, -0.2) is 47.8 Å². The van der Waals surface area contributed by atoms with E-state index in [1.54, 1.807) is 0 Å². The van der Waals surface area contributed by atoms with Crippen molar-refractivity contribution in [3.63, 3.8) is 0 Å². The van der Waals surface area contributed by atoms with Crippen LogP contribution in [0.5, 0.6) is 0 Å². The highest BCUT2D eigenvalue weighted by Gasteiger charge is 2.33. The molecule has 4 nitrogen and oxygen atoms in total. The van der Waals surface area contributed by atoms with Gasteiger partial charge in [0.2, 0.25) is 5.91 Å². The number of nitrogens with one attached hydrogen (secondary N) is 1. The molecule has 2 unspecified atom stereocenters. The van der Waals surface area contributed by atoms with E-state index in [0.29, 0.717) is 13.0 Å². The van der Waals surface area contributed by atoms with Crippen LogP contribution in [-0.2, 0) is 4.79 Å². The number of carbonyl (C=O) groups is 1. The summed E-state index contributed by atoms with van der Waals surface area (Å²) in [6, 6.07) is 3.68. The Kier molecular flexibility index (Phi) is 6.17. The number of alkyl halides is 3. The van der Waals surface area contributed by atoms with Crippen LogP contribution in [0.1, 0.15) is 30.9 Å². The van der Waals surface area contributed by atoms with Gasteiger partial charge < -0.3 is 15.3 Å². The van der Waals surface area contributed by atoms with E-state index in [2.05, 4.69) is 5.32 Å². The Morgan fingerprint density at radius 1 is 1.25 bits per heavy atom. The third-order valence-electron chi connectivity index (χ3n) is 3.91. The molecule has 2 rings (SSSR count). The van der Waals surface area contributed by atoms with E-state index in [9.17, 15) is 27.5 Å². The van der Waals surface area contributed by atoms with Crippen LogP contribution in [0, 0.1) is 5.82 Å². The fourth-order valence-electron chi connectivity index (χ4n) is 2.73. The number of nitrogens with zero attached hydrogens (tertiary/aromatic N) is 1. The fraction of sp³-hybridized carbons (Fsp3) is 0.562. The second-order valence-corrected chi connectivity index (χ2v) is 5.93. The van der Waals surface area contributed by atoms with Crippen LogP contribution < -0.4 is 5.32 Å². The lowest BCUT2D eigenvalue weighted by atomic mass is 10.0. The van der Waals surface area contributed by atoms with Crippen molar-refractivity contribution in [2.75, 3.05) is 19.6 Å². The van der Waals surface area contributed by atoms with Crippen LogP contribution in [0.25, 0.3) is 0 Å². The van der Waals surface area contributed by atoms with Crippen molar-refractivity contribution in [3.8, 4) is 0 Å². The zero-order valence-corrected chi connectivity index (χ0v) is 13.0. The summed E-state index contributed by atoms with van der Waals surface area (Å²) in [5, 5.41) is 12.6. The zero-order valence-electron chi connectivity index (χ0n) is 13.0. The van der Waals surface area contributed by atoms with Crippen LogP contribution >= 0.6 is 0 Å². The normalized spacial score (nSPS) is 18.0. The first kappa shape index (κ1) is 18.7. The number of hydrogen-bond donors (Lipinski definition) is 2. The van der Waals surface area contributed by atoms with E-state index in [1.165, 1.54) is 17.0 Å². The SMILES string of the molecule is O=C1CCCN1CC(O)CNC(CC(F)(F)F)c1ccc(F)cc1. The number of likely N-dealkylation sites (tertiary alicyclic amines) is 1. The molecule has 1 heterocycles. The summed E-state index contributed by atoms with van der Waals surface area (Å²) in [5.74, 6) is -0.587. The average Bonchev–Trinajstić information content (AvgIpc) is 2.88. The highest BCUT2D eigenvalue weighted by molar-refractivity contribution is 5.78. The maximum atomic E-state index is 12.9. The van der Waals surface area contributed by atoms with Gasteiger partial charge in [-0.1, -0.05) is 12.1 Å². The molecule has 0 spiro atoms. The van der Waals surface area contributed by atoms with Crippen molar-refractivity contribution in [1.29, 1.82) is 0 Å². The Labute approximate surface area is 137 Å². The first-order valence-corrected chi connectivity index (χ1v) is 7.76. The van der Waals surface area contributed by atoms with Gasteiger partial charge in [0.25, 0.3) is 0 Å². The standard InChI is InChI=1S/C16H20F4N2O2/c17-12-5-3-11(4-6-12)14(8-16(18,19)20)21-9-13(23)10-22-7-1-2-15(22)24/h3-6,13-14,21,23H,1-2,7-10H2. The lowest BCUT2D eigenvalue weighted by molar-refractivity contribution is -0.140. The fourth-order valence-corrected chi connectivity index (χ4v) is 2.73. The molecule has 1 aromatic rings. The number of benzene rings is 1. The summed E-state index contributed by atoms with van der Waals surface area (Å²) in [7, 11) is 0. The number of aliphatic hydroxyl groups excluding tert-OH is 1. The molecule has 1 amide bonds. The van der Waals surface area contributed by atoms with Crippen LogP contribution in [0.2, 0.25) is 0 Å². The number of β-amino-alcohol motifs (C(OH)–C–C–N with tert-alkyl or cyclic N) is 1. The van der Waals surface area contributed by atoms with Crippen LogP contribution in [0.3, 0.4) is 0 Å². The smallest absolute Gasteiger partial charge is 0.390 e. The van der Waals surface area contributed by atoms with Crippen molar-refractivity contribution >= 4 is 5.91 Å². The second kappa shape index (κ2) is 7.94. The third kappa shape index (κ3) is 5.76. The number of hydrogen-bond acceptors (Lipinski definition) is 3. The van der Waals surface area contributed by atoms with Gasteiger partial charge in [0.1, 0.15) is 5.82 Å². The number of halogens is 4. The van der Waals surface area contributed by atoms with Gasteiger partial charge in [-0.05, 0) is 24.1 Å². The minimum Gasteiger partial charge on any atom is -0.390 e. The Bertz CT molecular complexity index is 548. The predicted molar refractivity (Wildman–Crippen MR) is 79.6 cm³/mol. The van der Waals surface area contributed by atoms with E-state index in [-0.39, 0.29) is 24.6 Å². The Balaban J connectivity index is 1.94. The Morgan fingerprint density at radius 3 is 2.46 bits per heavy atom. The Morgan fingerprint density at radius 2 is 1.92 bits per heavy atom. The maximum Gasteiger partial charge on any atom is 0.390 e. The van der Waals surface area contributed by atoms with Crippen molar-refractivity contribution in [2.45, 2.75) is 37.6 Å². The Hall–Kier alpha value is -1.67. The van der Waals surface area contributed by atoms with Gasteiger partial charge in [0.05, 0.1) is 12.5 Å². The lowest BCUT2D eigenvalue weighted by Crippen LogP contribution is -2.40. The van der Waals surface area contributed by atoms with Crippen molar-refractivity contribution in [3.05, 3.63) is 35.6 Å². The minimum atomic E-state index is -4.40. The summed E-state index contributed by atoms with van der Waals surface area (Å²) in [6.45, 7) is 0.551. The van der Waals surface area contributed by atoms with E-state index in [4.69, 9.17) is 0 Å². The van der Waals surface area contributed by atoms with Gasteiger partial charge in [-0.25, -0.2) is 4.39 Å². The molecule has 0 aliphatic carbocycles. The van der Waals surface area contributed by atoms with Gasteiger partial charge in [-0.2, -0.15) is 13.2 Å². The molecule has 1 aliphatic rings. The molecular formula is C16H20F4N2O2. The molecule has 134 valence electrons. The quantitative estimate of drug-likeness (QED) is 0.744. The van der Waals surface area contributed by atoms with Crippen molar-refractivity contribution < 1.29 is 27.5 Å². The molecule has 1 fully saturated rings. The molecule has 24 heavy (non-hydrogen) atoms. The summed E-state index contributed by atoms with van der Waals surface area (Å²) in [5.41, 5.74) is 0.290. The van der Waals surface area contributed by atoms with Gasteiger partial charge in [0.15, 0.2) is 0 Å². The maximum absolute atomic E-state index is 12.9. The van der Waals surface area contributed by atoms with Gasteiger partial charge in [-0.15, -0.1) is 0 Å². The predicted octanol–water partition coefficient (Wildman–Crippen LogP) is 2.39. The monoisotopic (exact) mass is 348 g/mol. The topological polar surface area (TPSA) is 52.6 Å². The molecule has 2 N–H and O–H groups in total. The second-order valence-electron chi connectivity index (χ2n) is 5.93. The average molecular weight is 348 g/mol. The number of rotatable bonds is 7. The van der Waals surface area contributed by atoms with Crippen LogP contribution in [0.15, 0.2) is 24.3 Å². The highest BCUT2D eigenvalue weighted by atomic mass is 19.4. The van der Waals surface area contributed by atoms with E-state index >= 15 is 0 Å². The first-order chi connectivity index (χ1) is 11.2. The highest BCUT2D eigenvalue weighted by Crippen LogP contribution is 2.29. The number of aliphatic hydroxyl groups is 1. The molecule has 0 saturated carbocycles. The molecule has 0 bridgehead atoms. The van der Waals surface area contributed by atoms with E-state index in [0.717, 1.165) is 18.6 Å². The largest absolute Gasteiger partial charge is 0.390 e.